The number of anilines is 2. The molecule has 0 radical (unpaired) electrons. The van der Waals surface area contributed by atoms with E-state index >= 15 is 0 Å². The zero-order valence-electron chi connectivity index (χ0n) is 18.2. The fourth-order valence-corrected chi connectivity index (χ4v) is 4.26. The number of aromatic nitrogens is 4. The number of para-hydroxylation sites is 1. The summed E-state index contributed by atoms with van der Waals surface area (Å²) in [6.07, 6.45) is 5.23. The molecule has 0 bridgehead atoms. The molecule has 0 spiro atoms. The highest BCUT2D eigenvalue weighted by atomic mass is 16.2. The minimum Gasteiger partial charge on any atom is -0.335 e. The van der Waals surface area contributed by atoms with Crippen LogP contribution in [0, 0.1) is 0 Å². The monoisotopic (exact) mass is 436 g/mol. The van der Waals surface area contributed by atoms with Crippen LogP contribution in [-0.4, -0.2) is 44.1 Å². The number of benzene rings is 2. The van der Waals surface area contributed by atoms with Crippen molar-refractivity contribution in [3.05, 3.63) is 83.8 Å². The number of amides is 1. The van der Waals surface area contributed by atoms with Crippen molar-refractivity contribution in [2.45, 2.75) is 25.2 Å². The highest BCUT2D eigenvalue weighted by Gasteiger charge is 2.26. The molecule has 164 valence electrons. The molecule has 0 unspecified atom stereocenters. The Hall–Kier alpha value is -4.00. The van der Waals surface area contributed by atoms with Gasteiger partial charge in [0.25, 0.3) is 5.91 Å². The number of carbonyl (C=O) groups excluding carboxylic acids is 1. The summed E-state index contributed by atoms with van der Waals surface area (Å²) in [5.41, 5.74) is 3.83. The number of nitrogens with one attached hydrogen (secondary N) is 2. The van der Waals surface area contributed by atoms with Crippen LogP contribution in [0.3, 0.4) is 0 Å². The van der Waals surface area contributed by atoms with E-state index < -0.39 is 0 Å². The summed E-state index contributed by atoms with van der Waals surface area (Å²) in [6.45, 7) is 1.19. The molecule has 2 N–H and O–H groups in total. The van der Waals surface area contributed by atoms with Gasteiger partial charge in [0.05, 0.1) is 5.52 Å². The van der Waals surface area contributed by atoms with Crippen LogP contribution in [-0.2, 0) is 0 Å². The van der Waals surface area contributed by atoms with Gasteiger partial charge in [-0.15, -0.1) is 0 Å². The van der Waals surface area contributed by atoms with E-state index in [0.717, 1.165) is 28.1 Å². The number of hydrogen-bond acceptors (Lipinski definition) is 5. The predicted molar refractivity (Wildman–Crippen MR) is 128 cm³/mol. The Morgan fingerprint density at radius 2 is 1.85 bits per heavy atom. The van der Waals surface area contributed by atoms with Crippen LogP contribution in [0.4, 0.5) is 11.6 Å². The van der Waals surface area contributed by atoms with E-state index in [1.807, 2.05) is 59.5 Å². The first-order valence-electron chi connectivity index (χ1n) is 11.4. The van der Waals surface area contributed by atoms with E-state index in [1.54, 1.807) is 0 Å². The summed E-state index contributed by atoms with van der Waals surface area (Å²) in [5.74, 6) is 2.87. The summed E-state index contributed by atoms with van der Waals surface area (Å²) in [5, 5.41) is 11.9. The smallest absolute Gasteiger partial charge is 0.254 e. The molecular formula is C26H24N6O. The van der Waals surface area contributed by atoms with Crippen molar-refractivity contribution in [1.29, 1.82) is 0 Å². The summed E-state index contributed by atoms with van der Waals surface area (Å²) in [6, 6.07) is 19.5. The third-order valence-corrected chi connectivity index (χ3v) is 6.27. The lowest BCUT2D eigenvalue weighted by atomic mass is 10.1. The first kappa shape index (κ1) is 19.7. The molecule has 0 saturated heterocycles. The van der Waals surface area contributed by atoms with Gasteiger partial charge >= 0.3 is 0 Å². The quantitative estimate of drug-likeness (QED) is 0.465. The van der Waals surface area contributed by atoms with E-state index in [4.69, 9.17) is 9.97 Å². The average molecular weight is 437 g/mol. The summed E-state index contributed by atoms with van der Waals surface area (Å²) >= 11 is 0. The maximum absolute atomic E-state index is 12.8. The van der Waals surface area contributed by atoms with E-state index in [1.165, 1.54) is 18.5 Å². The van der Waals surface area contributed by atoms with Crippen LogP contribution in [0.5, 0.6) is 0 Å². The molecule has 3 heterocycles. The number of rotatable bonds is 5. The van der Waals surface area contributed by atoms with Gasteiger partial charge in [-0.1, -0.05) is 36.4 Å². The fourth-order valence-electron chi connectivity index (χ4n) is 4.26. The molecule has 2 aromatic heterocycles. The third-order valence-electron chi connectivity index (χ3n) is 6.27. The van der Waals surface area contributed by atoms with Crippen LogP contribution in [0.15, 0.2) is 66.7 Å². The van der Waals surface area contributed by atoms with E-state index in [-0.39, 0.29) is 5.91 Å². The second-order valence-electron chi connectivity index (χ2n) is 8.62. The zero-order valence-corrected chi connectivity index (χ0v) is 18.2. The zero-order chi connectivity index (χ0) is 22.2. The second-order valence-corrected chi connectivity index (χ2v) is 8.62. The van der Waals surface area contributed by atoms with Crippen molar-refractivity contribution in [1.82, 2.24) is 25.1 Å². The van der Waals surface area contributed by atoms with Crippen LogP contribution in [0.25, 0.3) is 16.5 Å². The number of fused-ring (bicyclic) bond motifs is 1. The van der Waals surface area contributed by atoms with Crippen molar-refractivity contribution >= 4 is 34.0 Å². The van der Waals surface area contributed by atoms with E-state index in [2.05, 4.69) is 27.7 Å². The van der Waals surface area contributed by atoms with Crippen LogP contribution in [0.2, 0.25) is 0 Å². The lowest BCUT2D eigenvalue weighted by Gasteiger charge is -2.26. The fraction of sp³-hybridized carbons (Fsp3) is 0.231. The number of nitrogens with zero attached hydrogens (tertiary/aromatic N) is 4. The van der Waals surface area contributed by atoms with Crippen molar-refractivity contribution in [2.75, 3.05) is 18.4 Å². The molecular weight excluding hydrogens is 412 g/mol. The third kappa shape index (κ3) is 3.98. The molecule has 0 atom stereocenters. The Morgan fingerprint density at radius 3 is 2.64 bits per heavy atom. The Morgan fingerprint density at radius 1 is 1.03 bits per heavy atom. The van der Waals surface area contributed by atoms with Gasteiger partial charge in [-0.05, 0) is 49.1 Å². The number of hydrogen-bond donors (Lipinski definition) is 2. The molecule has 7 heteroatoms. The van der Waals surface area contributed by atoms with Crippen LogP contribution >= 0.6 is 0 Å². The topological polar surface area (TPSA) is 86.8 Å². The van der Waals surface area contributed by atoms with Gasteiger partial charge in [0.1, 0.15) is 5.82 Å². The molecule has 4 aromatic rings. The molecule has 2 aliphatic rings. The van der Waals surface area contributed by atoms with Gasteiger partial charge in [-0.2, -0.15) is 5.10 Å². The van der Waals surface area contributed by atoms with E-state index in [9.17, 15) is 4.79 Å². The van der Waals surface area contributed by atoms with Crippen LogP contribution in [0.1, 0.15) is 47.1 Å². The van der Waals surface area contributed by atoms with Gasteiger partial charge in [-0.25, -0.2) is 9.97 Å². The Bertz CT molecular complexity index is 1360. The Labute approximate surface area is 191 Å². The predicted octanol–water partition coefficient (Wildman–Crippen LogP) is 4.90. The first-order valence-corrected chi connectivity index (χ1v) is 11.4. The summed E-state index contributed by atoms with van der Waals surface area (Å²) in [4.78, 5) is 24.3. The van der Waals surface area contributed by atoms with Crippen molar-refractivity contribution in [3.8, 4) is 0 Å². The van der Waals surface area contributed by atoms with E-state index in [0.29, 0.717) is 36.8 Å². The van der Waals surface area contributed by atoms with Gasteiger partial charge in [0.2, 0.25) is 0 Å². The lowest BCUT2D eigenvalue weighted by molar-refractivity contribution is 0.0772. The largest absolute Gasteiger partial charge is 0.335 e. The maximum Gasteiger partial charge on any atom is 0.254 e. The van der Waals surface area contributed by atoms with Crippen molar-refractivity contribution in [3.63, 3.8) is 0 Å². The molecule has 2 aromatic carbocycles. The molecule has 1 aliphatic heterocycles. The minimum atomic E-state index is 0.0534. The normalized spacial score (nSPS) is 16.0. The van der Waals surface area contributed by atoms with Gasteiger partial charge in [0, 0.05) is 41.7 Å². The summed E-state index contributed by atoms with van der Waals surface area (Å²) < 4.78 is 0. The highest BCUT2D eigenvalue weighted by Crippen LogP contribution is 2.40. The van der Waals surface area contributed by atoms with Gasteiger partial charge < -0.3 is 10.2 Å². The molecule has 1 aliphatic carbocycles. The Kier molecular flexibility index (Phi) is 4.87. The second kappa shape index (κ2) is 8.16. The molecule has 33 heavy (non-hydrogen) atoms. The number of H-pyrrole nitrogens is 1. The van der Waals surface area contributed by atoms with Crippen molar-refractivity contribution in [2.24, 2.45) is 0 Å². The summed E-state index contributed by atoms with van der Waals surface area (Å²) in [7, 11) is 0. The lowest BCUT2D eigenvalue weighted by Crippen LogP contribution is -2.34. The maximum atomic E-state index is 12.8. The molecule has 6 rings (SSSR count). The molecule has 7 nitrogen and oxygen atoms in total. The highest BCUT2D eigenvalue weighted by molar-refractivity contribution is 5.95. The number of aromatic amines is 1. The molecule has 1 saturated carbocycles. The first-order chi connectivity index (χ1) is 16.2. The van der Waals surface area contributed by atoms with Crippen molar-refractivity contribution < 1.29 is 4.79 Å². The Balaban J connectivity index is 1.28. The standard InChI is InChI=1S/C26H24N6O/c33-26(19-6-2-1-3-7-19)32-14-12-18(13-15-32)24-27-21-9-5-4-8-20(21)25(29-24)28-23-16-22(30-31-23)17-10-11-17/h1-9,12,16-17H,10-11,13-15H2,(H2,27,28,29,30,31). The average Bonchev–Trinajstić information content (AvgIpc) is 3.63. The SMILES string of the molecule is O=C(c1ccccc1)N1CC=C(c2nc(Nc3cc(C4CC4)[nH]n3)c3ccccc3n2)CC1. The number of carbonyl (C=O) groups is 1. The van der Waals surface area contributed by atoms with Gasteiger partial charge in [0.15, 0.2) is 11.6 Å². The minimum absolute atomic E-state index is 0.0534. The van der Waals surface area contributed by atoms with Gasteiger partial charge in [-0.3, -0.25) is 9.89 Å². The van der Waals surface area contributed by atoms with Crippen LogP contribution < -0.4 is 5.32 Å². The molecule has 1 fully saturated rings. The molecule has 1 amide bonds.